The van der Waals surface area contributed by atoms with E-state index in [9.17, 15) is 18.4 Å². The van der Waals surface area contributed by atoms with Gasteiger partial charge in [-0.05, 0) is 20.8 Å². The monoisotopic (exact) mass is 279 g/mol. The smallest absolute Gasteiger partial charge is 0.411 e. The van der Waals surface area contributed by atoms with Crippen LogP contribution in [-0.2, 0) is 14.3 Å². The number of amides is 1. The molecule has 7 heteroatoms. The Kier molecular flexibility index (Phi) is 4.50. The van der Waals surface area contributed by atoms with Gasteiger partial charge in [-0.1, -0.05) is 0 Å². The van der Waals surface area contributed by atoms with E-state index >= 15 is 0 Å². The molecule has 1 saturated heterocycles. The molecule has 0 aromatic heterocycles. The standard InChI is InChI=1S/C12H19F2NO4/c1-11(2,3)19-10(17)15-7-12(13,14)5-8(15)9(16)6-18-4/h8H,5-7H2,1-4H3. The minimum atomic E-state index is -3.08. The van der Waals surface area contributed by atoms with Crippen LogP contribution in [0.4, 0.5) is 13.6 Å². The molecule has 1 unspecified atom stereocenters. The van der Waals surface area contributed by atoms with E-state index in [1.54, 1.807) is 20.8 Å². The van der Waals surface area contributed by atoms with Gasteiger partial charge in [-0.3, -0.25) is 9.69 Å². The van der Waals surface area contributed by atoms with Crippen molar-refractivity contribution in [3.05, 3.63) is 0 Å². The summed E-state index contributed by atoms with van der Waals surface area (Å²) in [5.74, 6) is -3.63. The van der Waals surface area contributed by atoms with Gasteiger partial charge in [-0.25, -0.2) is 13.6 Å². The van der Waals surface area contributed by atoms with E-state index in [-0.39, 0.29) is 6.61 Å². The van der Waals surface area contributed by atoms with E-state index < -0.39 is 42.4 Å². The summed E-state index contributed by atoms with van der Waals surface area (Å²) in [6.07, 6.45) is -1.59. The molecule has 1 fully saturated rings. The number of alkyl halides is 2. The van der Waals surface area contributed by atoms with Gasteiger partial charge in [-0.2, -0.15) is 0 Å². The average Bonchev–Trinajstić information content (AvgIpc) is 2.52. The third-order valence-electron chi connectivity index (χ3n) is 2.56. The average molecular weight is 279 g/mol. The van der Waals surface area contributed by atoms with E-state index in [2.05, 4.69) is 4.74 Å². The van der Waals surface area contributed by atoms with Gasteiger partial charge in [0.25, 0.3) is 5.92 Å². The van der Waals surface area contributed by atoms with Crippen LogP contribution in [0, 0.1) is 0 Å². The third kappa shape index (κ3) is 4.41. The SMILES string of the molecule is COCC(=O)C1CC(F)(F)CN1C(=O)OC(C)(C)C. The minimum absolute atomic E-state index is 0.306. The van der Waals surface area contributed by atoms with Crippen LogP contribution in [0.3, 0.4) is 0 Å². The van der Waals surface area contributed by atoms with Crippen molar-refractivity contribution in [3.8, 4) is 0 Å². The highest BCUT2D eigenvalue weighted by Crippen LogP contribution is 2.33. The fourth-order valence-corrected chi connectivity index (χ4v) is 1.86. The zero-order valence-electron chi connectivity index (χ0n) is 11.5. The van der Waals surface area contributed by atoms with Crippen molar-refractivity contribution >= 4 is 11.9 Å². The molecule has 1 rings (SSSR count). The normalized spacial score (nSPS) is 22.4. The van der Waals surface area contributed by atoms with Gasteiger partial charge >= 0.3 is 6.09 Å². The first-order valence-corrected chi connectivity index (χ1v) is 5.95. The molecule has 0 N–H and O–H groups in total. The summed E-state index contributed by atoms with van der Waals surface area (Å²) in [5, 5.41) is 0. The second-order valence-corrected chi connectivity index (χ2v) is 5.58. The number of rotatable bonds is 3. The Morgan fingerprint density at radius 1 is 1.37 bits per heavy atom. The molecule has 0 spiro atoms. The van der Waals surface area contributed by atoms with E-state index in [0.29, 0.717) is 0 Å². The first-order chi connectivity index (χ1) is 8.56. The molecule has 1 aliphatic heterocycles. The highest BCUT2D eigenvalue weighted by atomic mass is 19.3. The molecule has 1 heterocycles. The van der Waals surface area contributed by atoms with Crippen LogP contribution in [0.5, 0.6) is 0 Å². The molecule has 1 aliphatic rings. The van der Waals surface area contributed by atoms with Gasteiger partial charge in [0.2, 0.25) is 0 Å². The zero-order chi connectivity index (χ0) is 14.8. The lowest BCUT2D eigenvalue weighted by Crippen LogP contribution is -2.44. The van der Waals surface area contributed by atoms with Crippen molar-refractivity contribution < 1.29 is 27.8 Å². The summed E-state index contributed by atoms with van der Waals surface area (Å²) in [4.78, 5) is 24.3. The van der Waals surface area contributed by atoms with Gasteiger partial charge in [0.15, 0.2) is 5.78 Å². The second-order valence-electron chi connectivity index (χ2n) is 5.58. The number of methoxy groups -OCH3 is 1. The molecule has 5 nitrogen and oxygen atoms in total. The highest BCUT2D eigenvalue weighted by molar-refractivity contribution is 5.89. The van der Waals surface area contributed by atoms with Crippen LogP contribution in [-0.4, -0.2) is 54.6 Å². The van der Waals surface area contributed by atoms with Gasteiger partial charge in [-0.15, -0.1) is 0 Å². The number of hydrogen-bond donors (Lipinski definition) is 0. The lowest BCUT2D eigenvalue weighted by Gasteiger charge is -2.27. The predicted molar refractivity (Wildman–Crippen MR) is 63.2 cm³/mol. The van der Waals surface area contributed by atoms with Crippen LogP contribution >= 0.6 is 0 Å². The first kappa shape index (κ1) is 15.8. The molecular formula is C12H19F2NO4. The van der Waals surface area contributed by atoms with E-state index in [4.69, 9.17) is 4.74 Å². The Hall–Kier alpha value is -1.24. The summed E-state index contributed by atoms with van der Waals surface area (Å²) < 4.78 is 36.5. The van der Waals surface area contributed by atoms with E-state index in [1.807, 2.05) is 0 Å². The Balaban J connectivity index is 2.83. The minimum Gasteiger partial charge on any atom is -0.444 e. The van der Waals surface area contributed by atoms with E-state index in [0.717, 1.165) is 4.90 Å². The lowest BCUT2D eigenvalue weighted by atomic mass is 10.1. The molecule has 110 valence electrons. The number of likely N-dealkylation sites (tertiary alicyclic amines) is 1. The van der Waals surface area contributed by atoms with Crippen molar-refractivity contribution in [2.45, 2.75) is 44.8 Å². The summed E-state index contributed by atoms with van der Waals surface area (Å²) in [5.41, 5.74) is -0.802. The molecule has 0 bridgehead atoms. The molecule has 19 heavy (non-hydrogen) atoms. The summed E-state index contributed by atoms with van der Waals surface area (Å²) in [6, 6.07) is -1.19. The maximum atomic E-state index is 13.4. The summed E-state index contributed by atoms with van der Waals surface area (Å²) in [7, 11) is 1.29. The first-order valence-electron chi connectivity index (χ1n) is 5.95. The number of ether oxygens (including phenoxy) is 2. The van der Waals surface area contributed by atoms with Crippen molar-refractivity contribution in [2.75, 3.05) is 20.3 Å². The number of hydrogen-bond acceptors (Lipinski definition) is 4. The number of carbonyl (C=O) groups is 2. The largest absolute Gasteiger partial charge is 0.444 e. The molecule has 0 radical (unpaired) electrons. The van der Waals surface area contributed by atoms with Crippen LogP contribution in [0.1, 0.15) is 27.2 Å². The van der Waals surface area contributed by atoms with Gasteiger partial charge in [0, 0.05) is 13.5 Å². The molecule has 1 atom stereocenters. The fourth-order valence-electron chi connectivity index (χ4n) is 1.86. The van der Waals surface area contributed by atoms with E-state index in [1.165, 1.54) is 7.11 Å². The number of Topliss-reactive ketones (excluding diaryl/α,β-unsaturated/α-hetero) is 1. The number of ketones is 1. The Labute approximate surface area is 110 Å². The highest BCUT2D eigenvalue weighted by Gasteiger charge is 2.50. The molecular weight excluding hydrogens is 260 g/mol. The maximum absolute atomic E-state index is 13.4. The lowest BCUT2D eigenvalue weighted by molar-refractivity contribution is -0.127. The molecule has 0 saturated carbocycles. The molecule has 1 amide bonds. The van der Waals surface area contributed by atoms with Gasteiger partial charge < -0.3 is 9.47 Å². The van der Waals surface area contributed by atoms with Crippen LogP contribution in [0.15, 0.2) is 0 Å². The third-order valence-corrected chi connectivity index (χ3v) is 2.56. The Morgan fingerprint density at radius 3 is 2.42 bits per heavy atom. The number of halogens is 2. The number of nitrogens with zero attached hydrogens (tertiary/aromatic N) is 1. The zero-order valence-corrected chi connectivity index (χ0v) is 11.5. The van der Waals surface area contributed by atoms with Crippen molar-refractivity contribution in [2.24, 2.45) is 0 Å². The Morgan fingerprint density at radius 2 is 1.95 bits per heavy atom. The number of carbonyl (C=O) groups excluding carboxylic acids is 2. The molecule has 0 aromatic carbocycles. The summed E-state index contributed by atoms with van der Waals surface area (Å²) >= 11 is 0. The van der Waals surface area contributed by atoms with Gasteiger partial charge in [0.05, 0.1) is 6.54 Å². The van der Waals surface area contributed by atoms with Gasteiger partial charge in [0.1, 0.15) is 18.2 Å². The maximum Gasteiger partial charge on any atom is 0.411 e. The predicted octanol–water partition coefficient (Wildman–Crippen LogP) is 1.85. The second kappa shape index (κ2) is 5.40. The topological polar surface area (TPSA) is 55.8 Å². The van der Waals surface area contributed by atoms with Crippen molar-refractivity contribution in [1.82, 2.24) is 4.90 Å². The quantitative estimate of drug-likeness (QED) is 0.791. The Bertz CT molecular complexity index is 365. The summed E-state index contributed by atoms with van der Waals surface area (Å²) in [6.45, 7) is 3.78. The fraction of sp³-hybridized carbons (Fsp3) is 0.833. The van der Waals surface area contributed by atoms with Crippen LogP contribution in [0.25, 0.3) is 0 Å². The van der Waals surface area contributed by atoms with Crippen molar-refractivity contribution in [1.29, 1.82) is 0 Å². The van der Waals surface area contributed by atoms with Crippen LogP contribution < -0.4 is 0 Å². The van der Waals surface area contributed by atoms with Crippen molar-refractivity contribution in [3.63, 3.8) is 0 Å². The molecule has 0 aliphatic carbocycles. The molecule has 0 aromatic rings. The van der Waals surface area contributed by atoms with Crippen LogP contribution in [0.2, 0.25) is 0 Å².